The number of aryl methyl sites for hydroxylation is 1. The average Bonchev–Trinajstić information content (AvgIpc) is 2.48. The van der Waals surface area contributed by atoms with Crippen molar-refractivity contribution in [3.8, 4) is 11.5 Å². The Morgan fingerprint density at radius 3 is 2.48 bits per heavy atom. The van der Waals surface area contributed by atoms with Gasteiger partial charge in [0.05, 0.1) is 18.6 Å². The largest absolute Gasteiger partial charge is 0.494 e. The quantitative estimate of drug-likeness (QED) is 0.808. The third-order valence-corrected chi connectivity index (χ3v) is 3.87. The van der Waals surface area contributed by atoms with E-state index >= 15 is 0 Å². The van der Waals surface area contributed by atoms with E-state index < -0.39 is 0 Å². The standard InChI is InChI=1S/C17H20O4/c1-3-19-11-9-14(20-4-2)16-12-7-5-6-8-13(12)17(18)21-15(16)10-11/h9-10H,3-8H2,1-2H3. The number of ether oxygens (including phenoxy) is 2. The van der Waals surface area contributed by atoms with E-state index in [0.717, 1.165) is 47.9 Å². The summed E-state index contributed by atoms with van der Waals surface area (Å²) in [6, 6.07) is 3.68. The van der Waals surface area contributed by atoms with Crippen molar-refractivity contribution in [1.29, 1.82) is 0 Å². The fraction of sp³-hybridized carbons (Fsp3) is 0.471. The van der Waals surface area contributed by atoms with Gasteiger partial charge >= 0.3 is 5.63 Å². The minimum Gasteiger partial charge on any atom is -0.494 e. The lowest BCUT2D eigenvalue weighted by Gasteiger charge is -2.19. The van der Waals surface area contributed by atoms with Crippen LogP contribution in [0, 0.1) is 0 Å². The SMILES string of the molecule is CCOc1cc(OCC)c2c3c(c(=O)oc2c1)CCCC3. The maximum absolute atomic E-state index is 12.2. The molecule has 0 amide bonds. The smallest absolute Gasteiger partial charge is 0.339 e. The molecule has 2 aromatic rings. The lowest BCUT2D eigenvalue weighted by atomic mass is 9.90. The fourth-order valence-electron chi connectivity index (χ4n) is 3.03. The van der Waals surface area contributed by atoms with Crippen LogP contribution in [0.15, 0.2) is 21.3 Å². The molecule has 112 valence electrons. The van der Waals surface area contributed by atoms with E-state index in [0.29, 0.717) is 24.5 Å². The molecule has 0 radical (unpaired) electrons. The van der Waals surface area contributed by atoms with E-state index in [-0.39, 0.29) is 5.63 Å². The molecule has 0 unspecified atom stereocenters. The average molecular weight is 288 g/mol. The maximum atomic E-state index is 12.2. The predicted octanol–water partition coefficient (Wildman–Crippen LogP) is 3.47. The molecule has 0 aliphatic heterocycles. The molecule has 0 spiro atoms. The van der Waals surface area contributed by atoms with Crippen molar-refractivity contribution < 1.29 is 13.9 Å². The van der Waals surface area contributed by atoms with Crippen molar-refractivity contribution in [3.63, 3.8) is 0 Å². The highest BCUT2D eigenvalue weighted by atomic mass is 16.5. The molecule has 1 heterocycles. The van der Waals surface area contributed by atoms with Crippen LogP contribution in [0.25, 0.3) is 11.0 Å². The first-order chi connectivity index (χ1) is 10.2. The molecule has 0 bridgehead atoms. The molecule has 21 heavy (non-hydrogen) atoms. The Hall–Kier alpha value is -1.97. The zero-order valence-electron chi connectivity index (χ0n) is 12.5. The summed E-state index contributed by atoms with van der Waals surface area (Å²) in [5, 5.41) is 0.939. The Morgan fingerprint density at radius 1 is 1.05 bits per heavy atom. The van der Waals surface area contributed by atoms with Gasteiger partial charge in [0.15, 0.2) is 0 Å². The summed E-state index contributed by atoms with van der Waals surface area (Å²) >= 11 is 0. The topological polar surface area (TPSA) is 48.7 Å². The van der Waals surface area contributed by atoms with E-state index in [2.05, 4.69) is 0 Å². The molecular weight excluding hydrogens is 268 g/mol. The van der Waals surface area contributed by atoms with E-state index in [1.165, 1.54) is 0 Å². The maximum Gasteiger partial charge on any atom is 0.339 e. The van der Waals surface area contributed by atoms with Crippen molar-refractivity contribution in [1.82, 2.24) is 0 Å². The second-order valence-corrected chi connectivity index (χ2v) is 5.21. The zero-order chi connectivity index (χ0) is 14.8. The predicted molar refractivity (Wildman–Crippen MR) is 81.5 cm³/mol. The van der Waals surface area contributed by atoms with Crippen LogP contribution in [0.5, 0.6) is 11.5 Å². The minimum absolute atomic E-state index is 0.215. The molecule has 0 fully saturated rings. The van der Waals surface area contributed by atoms with Gasteiger partial charge in [-0.3, -0.25) is 0 Å². The van der Waals surface area contributed by atoms with Gasteiger partial charge in [-0.1, -0.05) is 0 Å². The Bertz CT molecular complexity index is 715. The molecule has 0 saturated heterocycles. The fourth-order valence-corrected chi connectivity index (χ4v) is 3.03. The van der Waals surface area contributed by atoms with E-state index in [1.807, 2.05) is 19.9 Å². The van der Waals surface area contributed by atoms with Gasteiger partial charge in [-0.15, -0.1) is 0 Å². The highest BCUT2D eigenvalue weighted by molar-refractivity contribution is 5.89. The lowest BCUT2D eigenvalue weighted by molar-refractivity contribution is 0.324. The molecule has 0 saturated carbocycles. The second kappa shape index (κ2) is 5.80. The lowest BCUT2D eigenvalue weighted by Crippen LogP contribution is -2.16. The molecule has 1 aromatic heterocycles. The van der Waals surface area contributed by atoms with Crippen molar-refractivity contribution in [3.05, 3.63) is 33.7 Å². The van der Waals surface area contributed by atoms with Crippen LogP contribution in [0.3, 0.4) is 0 Å². The van der Waals surface area contributed by atoms with E-state index in [9.17, 15) is 4.79 Å². The van der Waals surface area contributed by atoms with Gasteiger partial charge in [-0.2, -0.15) is 0 Å². The summed E-state index contributed by atoms with van der Waals surface area (Å²) < 4.78 is 16.8. The van der Waals surface area contributed by atoms with Crippen LogP contribution in [0.1, 0.15) is 37.8 Å². The molecule has 1 aliphatic carbocycles. The molecular formula is C17H20O4. The summed E-state index contributed by atoms with van der Waals surface area (Å²) in [5.74, 6) is 1.42. The van der Waals surface area contributed by atoms with E-state index in [4.69, 9.17) is 13.9 Å². The zero-order valence-corrected chi connectivity index (χ0v) is 12.5. The van der Waals surface area contributed by atoms with Gasteiger partial charge in [0.2, 0.25) is 0 Å². The first-order valence-corrected chi connectivity index (χ1v) is 7.62. The van der Waals surface area contributed by atoms with Crippen molar-refractivity contribution >= 4 is 11.0 Å². The van der Waals surface area contributed by atoms with Gasteiger partial charge in [0.1, 0.15) is 17.1 Å². The Labute approximate surface area is 123 Å². The van der Waals surface area contributed by atoms with Gasteiger partial charge in [-0.05, 0) is 45.1 Å². The van der Waals surface area contributed by atoms with Crippen molar-refractivity contribution in [2.45, 2.75) is 39.5 Å². The van der Waals surface area contributed by atoms with Gasteiger partial charge in [0, 0.05) is 17.7 Å². The summed E-state index contributed by atoms with van der Waals surface area (Å²) in [7, 11) is 0. The molecule has 1 aliphatic rings. The highest BCUT2D eigenvalue weighted by Crippen LogP contribution is 2.36. The van der Waals surface area contributed by atoms with Gasteiger partial charge < -0.3 is 13.9 Å². The number of hydrogen-bond acceptors (Lipinski definition) is 4. The van der Waals surface area contributed by atoms with Crippen molar-refractivity contribution in [2.24, 2.45) is 0 Å². The summed E-state index contributed by atoms with van der Waals surface area (Å²) in [6.45, 7) is 5.00. The molecule has 0 N–H and O–H groups in total. The Kier molecular flexibility index (Phi) is 3.86. The molecule has 4 nitrogen and oxygen atoms in total. The van der Waals surface area contributed by atoms with Crippen LogP contribution in [0.4, 0.5) is 0 Å². The van der Waals surface area contributed by atoms with Crippen LogP contribution < -0.4 is 15.1 Å². The van der Waals surface area contributed by atoms with Gasteiger partial charge in [-0.25, -0.2) is 4.79 Å². The van der Waals surface area contributed by atoms with Gasteiger partial charge in [0.25, 0.3) is 0 Å². The number of hydrogen-bond donors (Lipinski definition) is 0. The van der Waals surface area contributed by atoms with Crippen LogP contribution in [-0.4, -0.2) is 13.2 Å². The van der Waals surface area contributed by atoms with Crippen LogP contribution in [0.2, 0.25) is 0 Å². The summed E-state index contributed by atoms with van der Waals surface area (Å²) in [6.07, 6.45) is 3.85. The minimum atomic E-state index is -0.215. The third kappa shape index (κ3) is 2.50. The first kappa shape index (κ1) is 14.0. The normalized spacial score (nSPS) is 14.0. The third-order valence-electron chi connectivity index (χ3n) is 3.87. The molecule has 1 aromatic carbocycles. The van der Waals surface area contributed by atoms with Crippen molar-refractivity contribution in [2.75, 3.05) is 13.2 Å². The monoisotopic (exact) mass is 288 g/mol. The van der Waals surface area contributed by atoms with E-state index in [1.54, 1.807) is 6.07 Å². The molecule has 4 heteroatoms. The molecule has 3 rings (SSSR count). The number of rotatable bonds is 4. The Morgan fingerprint density at radius 2 is 1.76 bits per heavy atom. The Balaban J connectivity index is 2.30. The summed E-state index contributed by atoms with van der Waals surface area (Å²) in [4.78, 5) is 12.2. The van der Waals surface area contributed by atoms with Crippen LogP contribution >= 0.6 is 0 Å². The van der Waals surface area contributed by atoms with Crippen LogP contribution in [-0.2, 0) is 12.8 Å². The summed E-state index contributed by atoms with van der Waals surface area (Å²) in [5.41, 5.74) is 2.27. The second-order valence-electron chi connectivity index (χ2n) is 5.21. The number of benzene rings is 1. The highest BCUT2D eigenvalue weighted by Gasteiger charge is 2.21. The first-order valence-electron chi connectivity index (χ1n) is 7.62. The number of fused-ring (bicyclic) bond motifs is 3. The molecule has 0 atom stereocenters.